The second kappa shape index (κ2) is 7.31. The van der Waals surface area contributed by atoms with Crippen molar-refractivity contribution in [3.05, 3.63) is 72.3 Å². The molecule has 0 aliphatic heterocycles. The Bertz CT molecular complexity index is 878. The number of methoxy groups -OCH3 is 1. The molecule has 25 heavy (non-hydrogen) atoms. The van der Waals surface area contributed by atoms with Crippen molar-refractivity contribution < 1.29 is 14.3 Å². The van der Waals surface area contributed by atoms with E-state index in [2.05, 4.69) is 25.0 Å². The van der Waals surface area contributed by atoms with Crippen molar-refractivity contribution in [3.63, 3.8) is 0 Å². The summed E-state index contributed by atoms with van der Waals surface area (Å²) in [7, 11) is 1.28. The second-order valence-corrected chi connectivity index (χ2v) is 5.04. The average molecular weight is 334 g/mol. The highest BCUT2D eigenvalue weighted by molar-refractivity contribution is 6.03. The van der Waals surface area contributed by atoms with E-state index < -0.39 is 11.9 Å². The number of hydrogen-bond donors (Lipinski definition) is 1. The number of amides is 1. The first-order chi connectivity index (χ1) is 12.2. The van der Waals surface area contributed by atoms with Crippen LogP contribution in [0.4, 0.5) is 5.69 Å². The zero-order valence-corrected chi connectivity index (χ0v) is 13.3. The largest absolute Gasteiger partial charge is 0.465 e. The summed E-state index contributed by atoms with van der Waals surface area (Å²) in [5.74, 6) is -0.365. The first-order valence-electron chi connectivity index (χ1n) is 7.40. The van der Waals surface area contributed by atoms with Crippen LogP contribution < -0.4 is 5.32 Å². The van der Waals surface area contributed by atoms with Gasteiger partial charge in [0, 0.05) is 11.8 Å². The lowest BCUT2D eigenvalue weighted by molar-refractivity contribution is 0.0600. The summed E-state index contributed by atoms with van der Waals surface area (Å²) in [6.07, 6.45) is 4.34. The number of aromatic nitrogens is 3. The standard InChI is InChI=1S/C18H14N4O3/c1-25-18(24)13-7-8-15(19-9-13)17(23)22-14-10-20-16(21-11-14)12-5-3-2-4-6-12/h2-11H,1H3,(H,22,23). The second-order valence-electron chi connectivity index (χ2n) is 5.04. The molecule has 7 heteroatoms. The molecule has 2 heterocycles. The fraction of sp³-hybridized carbons (Fsp3) is 0.0556. The Balaban J connectivity index is 1.69. The molecule has 0 aliphatic rings. The van der Waals surface area contributed by atoms with Gasteiger partial charge in [0.15, 0.2) is 5.82 Å². The summed E-state index contributed by atoms with van der Waals surface area (Å²) < 4.78 is 4.58. The number of pyridine rings is 1. The van der Waals surface area contributed by atoms with E-state index in [0.29, 0.717) is 11.5 Å². The maximum absolute atomic E-state index is 12.2. The van der Waals surface area contributed by atoms with Gasteiger partial charge in [0.25, 0.3) is 5.91 Å². The van der Waals surface area contributed by atoms with E-state index in [1.54, 1.807) is 0 Å². The van der Waals surface area contributed by atoms with Crippen LogP contribution in [0.3, 0.4) is 0 Å². The van der Waals surface area contributed by atoms with Gasteiger partial charge in [-0.1, -0.05) is 30.3 Å². The highest BCUT2D eigenvalue weighted by atomic mass is 16.5. The molecule has 0 fully saturated rings. The van der Waals surface area contributed by atoms with Crippen molar-refractivity contribution >= 4 is 17.6 Å². The molecule has 0 radical (unpaired) electrons. The van der Waals surface area contributed by atoms with Gasteiger partial charge in [0.1, 0.15) is 5.69 Å². The molecular formula is C18H14N4O3. The van der Waals surface area contributed by atoms with Gasteiger partial charge >= 0.3 is 5.97 Å². The van der Waals surface area contributed by atoms with Crippen LogP contribution in [0.15, 0.2) is 61.1 Å². The Hall–Kier alpha value is -3.61. The lowest BCUT2D eigenvalue weighted by Gasteiger charge is -2.06. The Morgan fingerprint density at radius 2 is 1.64 bits per heavy atom. The molecule has 1 N–H and O–H groups in total. The minimum absolute atomic E-state index is 0.166. The molecule has 1 amide bonds. The molecule has 0 bridgehead atoms. The van der Waals surface area contributed by atoms with Crippen molar-refractivity contribution in [1.82, 2.24) is 15.0 Å². The predicted molar refractivity (Wildman–Crippen MR) is 91.0 cm³/mol. The van der Waals surface area contributed by atoms with Crippen LogP contribution >= 0.6 is 0 Å². The predicted octanol–water partition coefficient (Wildman–Crippen LogP) is 2.58. The molecule has 2 aromatic heterocycles. The third kappa shape index (κ3) is 3.84. The SMILES string of the molecule is COC(=O)c1ccc(C(=O)Nc2cnc(-c3ccccc3)nc2)nc1. The quantitative estimate of drug-likeness (QED) is 0.737. The van der Waals surface area contributed by atoms with Crippen molar-refractivity contribution in [2.24, 2.45) is 0 Å². The summed E-state index contributed by atoms with van der Waals surface area (Å²) in [4.78, 5) is 36.0. The van der Waals surface area contributed by atoms with Crippen LogP contribution in [0.5, 0.6) is 0 Å². The Morgan fingerprint density at radius 1 is 0.920 bits per heavy atom. The topological polar surface area (TPSA) is 94.1 Å². The van der Waals surface area contributed by atoms with Gasteiger partial charge in [0.05, 0.1) is 30.8 Å². The lowest BCUT2D eigenvalue weighted by Crippen LogP contribution is -2.14. The van der Waals surface area contributed by atoms with Gasteiger partial charge in [-0.25, -0.2) is 14.8 Å². The van der Waals surface area contributed by atoms with Crippen LogP contribution in [-0.4, -0.2) is 33.9 Å². The highest BCUT2D eigenvalue weighted by Crippen LogP contribution is 2.15. The number of carbonyl (C=O) groups is 2. The smallest absolute Gasteiger partial charge is 0.339 e. The molecule has 0 spiro atoms. The number of nitrogens with one attached hydrogen (secondary N) is 1. The Labute approximate surface area is 143 Å². The van der Waals surface area contributed by atoms with E-state index in [1.165, 1.54) is 37.8 Å². The summed E-state index contributed by atoms with van der Waals surface area (Å²) in [5, 5.41) is 2.66. The molecule has 124 valence electrons. The number of carbonyl (C=O) groups excluding carboxylic acids is 2. The van der Waals surface area contributed by atoms with E-state index in [-0.39, 0.29) is 11.3 Å². The van der Waals surface area contributed by atoms with Gasteiger partial charge in [-0.2, -0.15) is 0 Å². The summed E-state index contributed by atoms with van der Waals surface area (Å²) in [6.45, 7) is 0. The van der Waals surface area contributed by atoms with E-state index in [1.807, 2.05) is 30.3 Å². The van der Waals surface area contributed by atoms with Gasteiger partial charge < -0.3 is 10.1 Å². The molecule has 0 atom stereocenters. The van der Waals surface area contributed by atoms with Gasteiger partial charge in [-0.15, -0.1) is 0 Å². The number of hydrogen-bond acceptors (Lipinski definition) is 6. The average Bonchev–Trinajstić information content (AvgIpc) is 2.68. The Kier molecular flexibility index (Phi) is 4.75. The van der Waals surface area contributed by atoms with Crippen LogP contribution in [0.25, 0.3) is 11.4 Å². The van der Waals surface area contributed by atoms with Crippen LogP contribution in [0.2, 0.25) is 0 Å². The Morgan fingerprint density at radius 3 is 2.24 bits per heavy atom. The summed E-state index contributed by atoms with van der Waals surface area (Å²) in [5.41, 5.74) is 1.78. The molecule has 1 aromatic carbocycles. The fourth-order valence-electron chi connectivity index (χ4n) is 2.09. The van der Waals surface area contributed by atoms with Crippen LogP contribution in [-0.2, 0) is 4.74 Å². The maximum Gasteiger partial charge on any atom is 0.339 e. The van der Waals surface area contributed by atoms with Crippen LogP contribution in [0, 0.1) is 0 Å². The normalized spacial score (nSPS) is 10.1. The number of anilines is 1. The van der Waals surface area contributed by atoms with E-state index in [0.717, 1.165) is 5.56 Å². The lowest BCUT2D eigenvalue weighted by atomic mass is 10.2. The minimum Gasteiger partial charge on any atom is -0.465 e. The zero-order chi connectivity index (χ0) is 17.6. The molecule has 0 aliphatic carbocycles. The van der Waals surface area contributed by atoms with Gasteiger partial charge in [0.2, 0.25) is 0 Å². The van der Waals surface area contributed by atoms with Crippen molar-refractivity contribution in [3.8, 4) is 11.4 Å². The molecular weight excluding hydrogens is 320 g/mol. The molecule has 0 unspecified atom stereocenters. The number of esters is 1. The van der Waals surface area contributed by atoms with Crippen molar-refractivity contribution in [2.45, 2.75) is 0 Å². The maximum atomic E-state index is 12.2. The van der Waals surface area contributed by atoms with Crippen molar-refractivity contribution in [2.75, 3.05) is 12.4 Å². The fourth-order valence-corrected chi connectivity index (χ4v) is 2.09. The number of rotatable bonds is 4. The highest BCUT2D eigenvalue weighted by Gasteiger charge is 2.11. The molecule has 3 aromatic rings. The summed E-state index contributed by atoms with van der Waals surface area (Å²) in [6, 6.07) is 12.4. The van der Waals surface area contributed by atoms with Crippen molar-refractivity contribution in [1.29, 1.82) is 0 Å². The number of nitrogens with zero attached hydrogens (tertiary/aromatic N) is 3. The van der Waals surface area contributed by atoms with Gasteiger partial charge in [-0.3, -0.25) is 9.78 Å². The zero-order valence-electron chi connectivity index (χ0n) is 13.3. The molecule has 0 saturated heterocycles. The molecule has 0 saturated carbocycles. The third-order valence-corrected chi connectivity index (χ3v) is 3.36. The van der Waals surface area contributed by atoms with E-state index in [9.17, 15) is 9.59 Å². The van der Waals surface area contributed by atoms with E-state index in [4.69, 9.17) is 0 Å². The summed E-state index contributed by atoms with van der Waals surface area (Å²) >= 11 is 0. The first-order valence-corrected chi connectivity index (χ1v) is 7.40. The van der Waals surface area contributed by atoms with Crippen LogP contribution in [0.1, 0.15) is 20.8 Å². The molecule has 3 rings (SSSR count). The number of benzene rings is 1. The third-order valence-electron chi connectivity index (χ3n) is 3.36. The molecule has 7 nitrogen and oxygen atoms in total. The monoisotopic (exact) mass is 334 g/mol. The number of ether oxygens (including phenoxy) is 1. The van der Waals surface area contributed by atoms with E-state index >= 15 is 0 Å². The minimum atomic E-state index is -0.510. The first kappa shape index (κ1) is 16.3. The van der Waals surface area contributed by atoms with Gasteiger partial charge in [-0.05, 0) is 12.1 Å².